The fraction of sp³-hybridized carbons (Fsp3) is 0.240. The van der Waals surface area contributed by atoms with Gasteiger partial charge in [-0.3, -0.25) is 0 Å². The molecule has 0 fully saturated rings. The van der Waals surface area contributed by atoms with E-state index in [9.17, 15) is 4.79 Å². The van der Waals surface area contributed by atoms with Gasteiger partial charge in [-0.1, -0.05) is 48.5 Å². The number of carbonyl (C=O) groups is 1. The Labute approximate surface area is 177 Å². The fourth-order valence-electron chi connectivity index (χ4n) is 3.24. The topological polar surface area (TPSA) is 54.0 Å². The number of carbonyl (C=O) groups excluding carboxylic acids is 1. The van der Waals surface area contributed by atoms with Crippen molar-refractivity contribution in [1.82, 2.24) is 0 Å². The van der Waals surface area contributed by atoms with Crippen LogP contribution >= 0.6 is 0 Å². The van der Waals surface area contributed by atoms with Gasteiger partial charge in [0.2, 0.25) is 0 Å². The van der Waals surface area contributed by atoms with Crippen LogP contribution in [0.2, 0.25) is 0 Å². The number of hydrogen-bond donors (Lipinski definition) is 0. The van der Waals surface area contributed by atoms with Crippen molar-refractivity contribution in [2.75, 3.05) is 14.2 Å². The van der Waals surface area contributed by atoms with E-state index in [2.05, 4.69) is 0 Å². The summed E-state index contributed by atoms with van der Waals surface area (Å²) >= 11 is 0. The molecule has 0 saturated carbocycles. The standard InChI is InChI=1S/C25H26O5/c1-17-23(25(26)30-20-13-9-6-10-14-20)22(29-16-19-11-7-5-8-12-19)15-21(18(2)27-3)24(17)28-4/h5-15,18H,16H2,1-4H3. The molecule has 3 aromatic carbocycles. The molecule has 0 aliphatic rings. The lowest BCUT2D eigenvalue weighted by atomic mass is 9.98. The second-order valence-electron chi connectivity index (χ2n) is 6.85. The zero-order chi connectivity index (χ0) is 21.5. The van der Waals surface area contributed by atoms with E-state index in [1.54, 1.807) is 32.4 Å². The third kappa shape index (κ3) is 4.81. The Hall–Kier alpha value is -3.31. The lowest BCUT2D eigenvalue weighted by Gasteiger charge is -2.21. The minimum Gasteiger partial charge on any atom is -0.496 e. The van der Waals surface area contributed by atoms with E-state index < -0.39 is 5.97 Å². The molecule has 3 aromatic rings. The molecule has 0 bridgehead atoms. The van der Waals surface area contributed by atoms with Crippen LogP contribution in [-0.4, -0.2) is 20.2 Å². The van der Waals surface area contributed by atoms with Crippen LogP contribution in [0.25, 0.3) is 0 Å². The summed E-state index contributed by atoms with van der Waals surface area (Å²) in [5.74, 6) is 0.967. The fourth-order valence-corrected chi connectivity index (χ4v) is 3.24. The number of ether oxygens (including phenoxy) is 4. The lowest BCUT2D eigenvalue weighted by molar-refractivity contribution is 0.0727. The quantitative estimate of drug-likeness (QED) is 0.365. The molecule has 0 N–H and O–H groups in total. The highest BCUT2D eigenvalue weighted by Crippen LogP contribution is 2.39. The van der Waals surface area contributed by atoms with E-state index in [0.29, 0.717) is 35.0 Å². The van der Waals surface area contributed by atoms with Crippen LogP contribution in [0.5, 0.6) is 17.2 Å². The molecule has 0 aliphatic heterocycles. The lowest BCUT2D eigenvalue weighted by Crippen LogP contribution is -2.15. The third-order valence-electron chi connectivity index (χ3n) is 4.90. The average Bonchev–Trinajstić information content (AvgIpc) is 2.78. The Morgan fingerprint density at radius 2 is 1.60 bits per heavy atom. The van der Waals surface area contributed by atoms with Gasteiger partial charge in [-0.25, -0.2) is 4.79 Å². The SMILES string of the molecule is COc1c(C(C)OC)cc(OCc2ccccc2)c(C(=O)Oc2ccccc2)c1C. The Morgan fingerprint density at radius 1 is 0.967 bits per heavy atom. The van der Waals surface area contributed by atoms with E-state index in [0.717, 1.165) is 11.1 Å². The smallest absolute Gasteiger partial charge is 0.347 e. The molecule has 30 heavy (non-hydrogen) atoms. The first-order chi connectivity index (χ1) is 14.5. The van der Waals surface area contributed by atoms with Gasteiger partial charge in [0, 0.05) is 18.2 Å². The summed E-state index contributed by atoms with van der Waals surface area (Å²) in [6.07, 6.45) is -0.239. The summed E-state index contributed by atoms with van der Waals surface area (Å²) in [5.41, 5.74) is 2.77. The van der Waals surface area contributed by atoms with E-state index in [1.807, 2.05) is 62.4 Å². The Morgan fingerprint density at radius 3 is 2.20 bits per heavy atom. The minimum absolute atomic E-state index is 0.239. The highest BCUT2D eigenvalue weighted by Gasteiger charge is 2.26. The van der Waals surface area contributed by atoms with Gasteiger partial charge in [-0.2, -0.15) is 0 Å². The van der Waals surface area contributed by atoms with Crippen LogP contribution in [0.15, 0.2) is 66.7 Å². The third-order valence-corrected chi connectivity index (χ3v) is 4.90. The molecule has 3 rings (SSSR count). The molecule has 0 saturated heterocycles. The number of hydrogen-bond acceptors (Lipinski definition) is 5. The molecule has 0 spiro atoms. The summed E-state index contributed by atoms with van der Waals surface area (Å²) in [4.78, 5) is 13.1. The first-order valence-electron chi connectivity index (χ1n) is 9.73. The molecule has 5 heteroatoms. The number of esters is 1. The molecule has 0 radical (unpaired) electrons. The number of benzene rings is 3. The molecule has 5 nitrogen and oxygen atoms in total. The van der Waals surface area contributed by atoms with Crippen molar-refractivity contribution >= 4 is 5.97 Å². The zero-order valence-electron chi connectivity index (χ0n) is 17.7. The number of methoxy groups -OCH3 is 2. The summed E-state index contributed by atoms with van der Waals surface area (Å²) in [5, 5.41) is 0. The molecule has 1 atom stereocenters. The van der Waals surface area contributed by atoms with Crippen molar-refractivity contribution in [3.05, 3.63) is 89.0 Å². The van der Waals surface area contributed by atoms with E-state index in [4.69, 9.17) is 18.9 Å². The first-order valence-corrected chi connectivity index (χ1v) is 9.73. The van der Waals surface area contributed by atoms with Crippen LogP contribution < -0.4 is 14.2 Å². The molecular weight excluding hydrogens is 380 g/mol. The van der Waals surface area contributed by atoms with Crippen LogP contribution in [0.4, 0.5) is 0 Å². The summed E-state index contributed by atoms with van der Waals surface area (Å²) in [6.45, 7) is 4.06. The molecule has 0 aromatic heterocycles. The van der Waals surface area contributed by atoms with Gasteiger partial charge in [-0.05, 0) is 37.6 Å². The summed E-state index contributed by atoms with van der Waals surface area (Å²) < 4.78 is 22.8. The van der Waals surface area contributed by atoms with Crippen molar-refractivity contribution in [3.63, 3.8) is 0 Å². The predicted molar refractivity (Wildman–Crippen MR) is 115 cm³/mol. The minimum atomic E-state index is -0.503. The van der Waals surface area contributed by atoms with Gasteiger partial charge in [0.1, 0.15) is 29.4 Å². The van der Waals surface area contributed by atoms with Crippen molar-refractivity contribution in [1.29, 1.82) is 0 Å². The molecule has 0 aliphatic carbocycles. The predicted octanol–water partition coefficient (Wildman–Crippen LogP) is 5.51. The van der Waals surface area contributed by atoms with Crippen LogP contribution in [-0.2, 0) is 11.3 Å². The molecule has 156 valence electrons. The molecular formula is C25H26O5. The van der Waals surface area contributed by atoms with E-state index in [-0.39, 0.29) is 6.10 Å². The largest absolute Gasteiger partial charge is 0.496 e. The second-order valence-corrected chi connectivity index (χ2v) is 6.85. The van der Waals surface area contributed by atoms with Crippen LogP contribution in [0.1, 0.15) is 40.1 Å². The zero-order valence-corrected chi connectivity index (χ0v) is 17.7. The summed E-state index contributed by atoms with van der Waals surface area (Å²) in [6, 6.07) is 20.5. The van der Waals surface area contributed by atoms with Crippen LogP contribution in [0.3, 0.4) is 0 Å². The molecule has 0 heterocycles. The van der Waals surface area contributed by atoms with Crippen molar-refractivity contribution in [2.24, 2.45) is 0 Å². The monoisotopic (exact) mass is 406 g/mol. The van der Waals surface area contributed by atoms with Gasteiger partial charge in [0.15, 0.2) is 0 Å². The highest BCUT2D eigenvalue weighted by atomic mass is 16.5. The van der Waals surface area contributed by atoms with Gasteiger partial charge in [0.25, 0.3) is 0 Å². The number of para-hydroxylation sites is 1. The maximum Gasteiger partial charge on any atom is 0.347 e. The Balaban J connectivity index is 2.03. The number of rotatable bonds is 8. The van der Waals surface area contributed by atoms with Crippen molar-refractivity contribution in [2.45, 2.75) is 26.6 Å². The second kappa shape index (κ2) is 9.94. The van der Waals surface area contributed by atoms with E-state index >= 15 is 0 Å². The van der Waals surface area contributed by atoms with Crippen LogP contribution in [0, 0.1) is 6.92 Å². The average molecular weight is 406 g/mol. The van der Waals surface area contributed by atoms with Gasteiger partial charge in [0.05, 0.1) is 13.2 Å². The highest BCUT2D eigenvalue weighted by molar-refractivity contribution is 5.96. The maximum absolute atomic E-state index is 13.1. The van der Waals surface area contributed by atoms with E-state index in [1.165, 1.54) is 0 Å². The maximum atomic E-state index is 13.1. The van der Waals surface area contributed by atoms with Crippen molar-refractivity contribution < 1.29 is 23.7 Å². The molecule has 1 unspecified atom stereocenters. The normalized spacial score (nSPS) is 11.6. The Kier molecular flexibility index (Phi) is 7.09. The van der Waals surface area contributed by atoms with Gasteiger partial charge >= 0.3 is 5.97 Å². The van der Waals surface area contributed by atoms with Gasteiger partial charge in [-0.15, -0.1) is 0 Å². The first kappa shape index (κ1) is 21.4. The van der Waals surface area contributed by atoms with Crippen molar-refractivity contribution in [3.8, 4) is 17.2 Å². The van der Waals surface area contributed by atoms with Gasteiger partial charge < -0.3 is 18.9 Å². The Bertz CT molecular complexity index is 983. The molecule has 0 amide bonds. The summed E-state index contributed by atoms with van der Waals surface area (Å²) in [7, 11) is 3.20.